The van der Waals surface area contributed by atoms with Crippen LogP contribution in [0, 0.1) is 0 Å². The van der Waals surface area contributed by atoms with Crippen molar-refractivity contribution in [2.75, 3.05) is 20.8 Å². The van der Waals surface area contributed by atoms with E-state index < -0.39 is 79.6 Å². The monoisotopic (exact) mass is 624 g/mol. The number of benzene rings is 2. The van der Waals surface area contributed by atoms with E-state index in [1.807, 2.05) is 0 Å². The van der Waals surface area contributed by atoms with Crippen LogP contribution in [0.15, 0.2) is 36.4 Å². The highest BCUT2D eigenvalue weighted by Gasteiger charge is 2.47. The van der Waals surface area contributed by atoms with Crippen molar-refractivity contribution in [2.45, 2.75) is 68.3 Å². The predicted octanol–water partition coefficient (Wildman–Crippen LogP) is -0.958. The highest BCUT2D eigenvalue weighted by Crippen LogP contribution is 2.36. The molecule has 0 aromatic heterocycles. The minimum atomic E-state index is -1.77. The topological polar surface area (TPSA) is 234 Å². The molecule has 2 aromatic carbocycles. The Morgan fingerprint density at radius 1 is 0.795 bits per heavy atom. The van der Waals surface area contributed by atoms with Crippen LogP contribution in [-0.2, 0) is 14.2 Å². The van der Waals surface area contributed by atoms with Crippen molar-refractivity contribution in [3.05, 3.63) is 47.5 Å². The number of hydrogen-bond acceptors (Lipinski definition) is 15. The number of phenols is 2. The van der Waals surface area contributed by atoms with Gasteiger partial charge in [-0.2, -0.15) is 0 Å². The standard InChI is InChI=1S/C29H36O15/c1-12-22(33)24(35)26(37)28(42-12)41-11-20-23(34)25(36)27(38)29(44-20)43-14-9-17(32)21(19(10-14)40-3)15(30)6-4-13-5-7-18(39-2)16(31)8-13/h4-10,12,20,22-29,31-38H,11H2,1-3H3/b6-4+/t12-,20-,22+,23+,24+,25+,26+,27+,28-,29-/m1/s1. The molecule has 0 unspecified atom stereocenters. The van der Waals surface area contributed by atoms with Gasteiger partial charge in [0.2, 0.25) is 6.29 Å². The van der Waals surface area contributed by atoms with Gasteiger partial charge in [-0.1, -0.05) is 12.1 Å². The van der Waals surface area contributed by atoms with Gasteiger partial charge in [0.15, 0.2) is 23.6 Å². The van der Waals surface area contributed by atoms with Crippen LogP contribution < -0.4 is 14.2 Å². The van der Waals surface area contributed by atoms with E-state index in [1.165, 1.54) is 45.4 Å². The molecular formula is C29H36O15. The summed E-state index contributed by atoms with van der Waals surface area (Å²) in [5, 5.41) is 82.0. The van der Waals surface area contributed by atoms with Crippen LogP contribution in [0.5, 0.6) is 28.7 Å². The van der Waals surface area contributed by atoms with Crippen LogP contribution in [0.2, 0.25) is 0 Å². The van der Waals surface area contributed by atoms with Crippen LogP contribution in [0.1, 0.15) is 22.8 Å². The van der Waals surface area contributed by atoms with Crippen LogP contribution >= 0.6 is 0 Å². The molecule has 2 fully saturated rings. The summed E-state index contributed by atoms with van der Waals surface area (Å²) in [6.45, 7) is 0.958. The number of ether oxygens (including phenoxy) is 6. The van der Waals surface area contributed by atoms with Crippen LogP contribution in [-0.4, -0.2) is 129 Å². The zero-order chi connectivity index (χ0) is 32.3. The Labute approximate surface area is 251 Å². The van der Waals surface area contributed by atoms with Crippen molar-refractivity contribution >= 4 is 11.9 Å². The Bertz CT molecular complexity index is 1330. The minimum Gasteiger partial charge on any atom is -0.507 e. The normalized spacial score (nSPS) is 32.4. The van der Waals surface area contributed by atoms with Gasteiger partial charge >= 0.3 is 0 Å². The average Bonchev–Trinajstić information content (AvgIpc) is 3.00. The molecule has 2 saturated heterocycles. The van der Waals surface area contributed by atoms with E-state index >= 15 is 0 Å². The third-order valence-electron chi connectivity index (χ3n) is 7.31. The number of hydrogen-bond donors (Lipinski definition) is 8. The highest BCUT2D eigenvalue weighted by molar-refractivity contribution is 6.10. The number of allylic oxidation sites excluding steroid dienone is 1. The van der Waals surface area contributed by atoms with Gasteiger partial charge in [-0.15, -0.1) is 0 Å². The van der Waals surface area contributed by atoms with Gasteiger partial charge in [-0.05, 0) is 30.7 Å². The molecule has 0 bridgehead atoms. The number of aliphatic hydroxyl groups excluding tert-OH is 6. The number of aliphatic hydroxyl groups is 6. The van der Waals surface area contributed by atoms with Crippen molar-refractivity contribution in [3.8, 4) is 28.7 Å². The van der Waals surface area contributed by atoms with E-state index in [-0.39, 0.29) is 28.6 Å². The second kappa shape index (κ2) is 14.1. The first kappa shape index (κ1) is 33.4. The number of carbonyl (C=O) groups excluding carboxylic acids is 1. The lowest BCUT2D eigenvalue weighted by Crippen LogP contribution is -2.61. The number of carbonyl (C=O) groups is 1. The van der Waals surface area contributed by atoms with Gasteiger partial charge in [0.05, 0.1) is 26.9 Å². The van der Waals surface area contributed by atoms with Gasteiger partial charge in [-0.25, -0.2) is 0 Å². The molecule has 44 heavy (non-hydrogen) atoms. The maximum Gasteiger partial charge on any atom is 0.229 e. The molecule has 4 rings (SSSR count). The first-order valence-electron chi connectivity index (χ1n) is 13.5. The fourth-order valence-electron chi connectivity index (χ4n) is 4.75. The molecule has 15 heteroatoms. The molecule has 0 radical (unpaired) electrons. The van der Waals surface area contributed by atoms with Crippen molar-refractivity contribution in [3.63, 3.8) is 0 Å². The molecule has 2 heterocycles. The third-order valence-corrected chi connectivity index (χ3v) is 7.31. The minimum absolute atomic E-state index is 0.101. The zero-order valence-corrected chi connectivity index (χ0v) is 24.0. The van der Waals surface area contributed by atoms with Crippen LogP contribution in [0.4, 0.5) is 0 Å². The maximum atomic E-state index is 12.9. The predicted molar refractivity (Wildman–Crippen MR) is 148 cm³/mol. The Morgan fingerprint density at radius 2 is 1.45 bits per heavy atom. The summed E-state index contributed by atoms with van der Waals surface area (Å²) in [7, 11) is 2.65. The maximum absolute atomic E-state index is 12.9. The van der Waals surface area contributed by atoms with Gasteiger partial charge in [0, 0.05) is 12.1 Å². The zero-order valence-electron chi connectivity index (χ0n) is 24.0. The average molecular weight is 625 g/mol. The molecule has 2 aromatic rings. The van der Waals surface area contributed by atoms with Gasteiger partial charge in [-0.3, -0.25) is 4.79 Å². The molecule has 15 nitrogen and oxygen atoms in total. The van der Waals surface area contributed by atoms with Gasteiger partial charge in [0.1, 0.15) is 65.5 Å². The lowest BCUT2D eigenvalue weighted by molar-refractivity contribution is -0.318. The molecule has 242 valence electrons. The fraction of sp³-hybridized carbons (Fsp3) is 0.483. The van der Waals surface area contributed by atoms with E-state index in [1.54, 1.807) is 6.07 Å². The summed E-state index contributed by atoms with van der Waals surface area (Å²) in [4.78, 5) is 12.9. The number of methoxy groups -OCH3 is 2. The number of aromatic hydroxyl groups is 2. The fourth-order valence-corrected chi connectivity index (χ4v) is 4.75. The van der Waals surface area contributed by atoms with Crippen molar-refractivity contribution in [1.29, 1.82) is 0 Å². The molecular weight excluding hydrogens is 588 g/mol. The molecule has 0 saturated carbocycles. The Hall–Kier alpha value is -3.51. The summed E-state index contributed by atoms with van der Waals surface area (Å²) in [6.07, 6.45) is -12.4. The van der Waals surface area contributed by atoms with E-state index in [0.29, 0.717) is 5.56 Å². The van der Waals surface area contributed by atoms with Gasteiger partial charge < -0.3 is 69.3 Å². The molecule has 0 aliphatic carbocycles. The summed E-state index contributed by atoms with van der Waals surface area (Å²) in [5.41, 5.74) is 0.263. The summed E-state index contributed by atoms with van der Waals surface area (Å²) < 4.78 is 32.3. The lowest BCUT2D eigenvalue weighted by atomic mass is 9.98. The van der Waals surface area contributed by atoms with Crippen molar-refractivity contribution < 1.29 is 74.1 Å². The van der Waals surface area contributed by atoms with Crippen molar-refractivity contribution in [1.82, 2.24) is 0 Å². The molecule has 0 amide bonds. The summed E-state index contributed by atoms with van der Waals surface area (Å²) in [6, 6.07) is 6.80. The van der Waals surface area contributed by atoms with E-state index in [0.717, 1.165) is 12.1 Å². The molecule has 0 spiro atoms. The SMILES string of the molecule is COc1ccc(/C=C/C(=O)c2c(O)cc(O[C@@H]3O[C@H](CO[C@@H]4O[C@H](C)[C@H](O)[C@H](O)[C@@H]4O)[C@H](O)[C@H](O)[C@@H]3O)cc2OC)cc1O. The smallest absolute Gasteiger partial charge is 0.229 e. The second-order valence-corrected chi connectivity index (χ2v) is 10.3. The Kier molecular flexibility index (Phi) is 10.7. The highest BCUT2D eigenvalue weighted by atomic mass is 16.7. The molecule has 10 atom stereocenters. The first-order chi connectivity index (χ1) is 20.9. The summed E-state index contributed by atoms with van der Waals surface area (Å²) >= 11 is 0. The lowest BCUT2D eigenvalue weighted by Gasteiger charge is -2.42. The van der Waals surface area contributed by atoms with E-state index in [9.17, 15) is 45.6 Å². The third kappa shape index (κ3) is 7.07. The summed E-state index contributed by atoms with van der Waals surface area (Å²) in [5.74, 6) is -1.31. The van der Waals surface area contributed by atoms with E-state index in [4.69, 9.17) is 28.4 Å². The number of ketones is 1. The number of rotatable bonds is 10. The quantitative estimate of drug-likeness (QED) is 0.117. The van der Waals surface area contributed by atoms with Gasteiger partial charge in [0.25, 0.3) is 0 Å². The molecule has 2 aliphatic heterocycles. The molecule has 2 aliphatic rings. The Morgan fingerprint density at radius 3 is 2.11 bits per heavy atom. The first-order valence-corrected chi connectivity index (χ1v) is 13.5. The molecule has 8 N–H and O–H groups in total. The van der Waals surface area contributed by atoms with E-state index in [2.05, 4.69) is 0 Å². The van der Waals surface area contributed by atoms with Crippen LogP contribution in [0.25, 0.3) is 6.08 Å². The largest absolute Gasteiger partial charge is 0.507 e. The second-order valence-electron chi connectivity index (χ2n) is 10.3. The van der Waals surface area contributed by atoms with Crippen molar-refractivity contribution in [2.24, 2.45) is 0 Å². The van der Waals surface area contributed by atoms with Crippen LogP contribution in [0.3, 0.4) is 0 Å². The Balaban J connectivity index is 1.46. The number of phenolic OH excluding ortho intramolecular Hbond substituents is 2.